The summed E-state index contributed by atoms with van der Waals surface area (Å²) in [7, 11) is 0. The topological polar surface area (TPSA) is 89.5 Å². The second-order valence-corrected chi connectivity index (χ2v) is 14.1. The van der Waals surface area contributed by atoms with Crippen molar-refractivity contribution < 1.29 is 38.6 Å². The van der Waals surface area contributed by atoms with Crippen LogP contribution in [0, 0.1) is 10.8 Å². The summed E-state index contributed by atoms with van der Waals surface area (Å²) in [6, 6.07) is 0. The molecule has 0 fully saturated rings. The fourth-order valence-corrected chi connectivity index (χ4v) is 4.88. The number of rotatable bonds is 19. The molecule has 0 amide bonds. The maximum Gasteiger partial charge on any atom is 0.540 e. The van der Waals surface area contributed by atoms with Crippen LogP contribution in [-0.4, -0.2) is 36.7 Å². The first-order valence-corrected chi connectivity index (χ1v) is 14.5. The van der Waals surface area contributed by atoms with E-state index in [1.807, 2.05) is 27.7 Å². The lowest BCUT2D eigenvalue weighted by Gasteiger charge is -2.30. The van der Waals surface area contributed by atoms with E-state index in [9.17, 15) is 9.59 Å². The summed E-state index contributed by atoms with van der Waals surface area (Å²) < 4.78 is 10.2. The molecule has 0 N–H and O–H groups in total. The van der Waals surface area contributed by atoms with E-state index < -0.39 is 23.5 Å². The zero-order valence-corrected chi connectivity index (χ0v) is 26.2. The van der Waals surface area contributed by atoms with Crippen LogP contribution >= 0.6 is 0 Å². The summed E-state index contributed by atoms with van der Waals surface area (Å²) in [6.45, 7) is 20.9. The van der Waals surface area contributed by atoms with Crippen LogP contribution in [0.4, 0.5) is 9.59 Å². The summed E-state index contributed by atoms with van der Waals surface area (Å²) in [5.41, 5.74) is -0.971. The third kappa shape index (κ3) is 24.8. The highest BCUT2D eigenvalue weighted by Crippen LogP contribution is 2.30. The van der Waals surface area contributed by atoms with E-state index in [0.29, 0.717) is 13.2 Å². The van der Waals surface area contributed by atoms with Gasteiger partial charge in [-0.1, -0.05) is 92.9 Å². The van der Waals surface area contributed by atoms with E-state index >= 15 is 0 Å². The molecule has 0 aromatic carbocycles. The molecule has 38 heavy (non-hydrogen) atoms. The van der Waals surface area contributed by atoms with Gasteiger partial charge in [0.1, 0.15) is 11.2 Å². The first-order valence-electron chi connectivity index (χ1n) is 14.5. The molecule has 0 saturated heterocycles. The molecule has 0 atom stereocenters. The number of unbranched alkanes of at least 4 members (excludes halogenated alkanes) is 9. The first-order chi connectivity index (χ1) is 17.4. The summed E-state index contributed by atoms with van der Waals surface area (Å²) in [5, 5.41) is 0. The molecule has 0 spiro atoms. The minimum Gasteiger partial charge on any atom is -0.432 e. The fourth-order valence-electron chi connectivity index (χ4n) is 4.88. The zero-order chi connectivity index (χ0) is 29.3. The minimum atomic E-state index is -0.775. The molecule has 0 saturated carbocycles. The van der Waals surface area contributed by atoms with Crippen LogP contribution in [0.25, 0.3) is 0 Å². The van der Waals surface area contributed by atoms with E-state index in [1.165, 1.54) is 25.7 Å². The van der Waals surface area contributed by atoms with Crippen LogP contribution in [0.5, 0.6) is 0 Å². The van der Waals surface area contributed by atoms with Gasteiger partial charge in [0.25, 0.3) is 0 Å². The second-order valence-electron chi connectivity index (χ2n) is 14.1. The van der Waals surface area contributed by atoms with Gasteiger partial charge in [0.05, 0.1) is 13.2 Å². The highest BCUT2D eigenvalue weighted by atomic mass is 17.2. The van der Waals surface area contributed by atoms with Gasteiger partial charge in [-0.05, 0) is 64.2 Å². The maximum atomic E-state index is 11.7. The molecule has 0 radical (unpaired) electrons. The number of hydrogen-bond acceptors (Lipinski definition) is 8. The normalized spacial score (nSPS) is 12.8. The maximum absolute atomic E-state index is 11.7. The molecule has 0 aromatic heterocycles. The molecule has 0 bridgehead atoms. The third-order valence-electron chi connectivity index (χ3n) is 5.56. The Bertz CT molecular complexity index is 588. The summed E-state index contributed by atoms with van der Waals surface area (Å²) in [6.07, 6.45) is 10.6. The summed E-state index contributed by atoms with van der Waals surface area (Å²) >= 11 is 0. The SMILES string of the molecule is CC(C)(C)CC(C)(C)OOC(=O)OCCCCCCCCCCCCOC(=O)OOC(C)(C)CC(C)(C)C. The van der Waals surface area contributed by atoms with Crippen LogP contribution in [-0.2, 0) is 29.0 Å². The summed E-state index contributed by atoms with van der Waals surface area (Å²) in [5.74, 6) is 0. The molecule has 8 nitrogen and oxygen atoms in total. The Kier molecular flexibility index (Phi) is 17.2. The van der Waals surface area contributed by atoms with Crippen molar-refractivity contribution >= 4 is 12.3 Å². The second kappa shape index (κ2) is 17.9. The molecule has 8 heteroatoms. The van der Waals surface area contributed by atoms with Crippen molar-refractivity contribution in [3.63, 3.8) is 0 Å². The van der Waals surface area contributed by atoms with Gasteiger partial charge in [0.2, 0.25) is 0 Å². The monoisotopic (exact) mass is 546 g/mol. The Morgan fingerprint density at radius 2 is 0.711 bits per heavy atom. The van der Waals surface area contributed by atoms with Crippen molar-refractivity contribution in [1.29, 1.82) is 0 Å². The van der Waals surface area contributed by atoms with Crippen LogP contribution < -0.4 is 0 Å². The van der Waals surface area contributed by atoms with E-state index in [4.69, 9.17) is 29.0 Å². The van der Waals surface area contributed by atoms with Gasteiger partial charge in [-0.2, -0.15) is 9.78 Å². The van der Waals surface area contributed by atoms with Gasteiger partial charge in [-0.15, -0.1) is 0 Å². The molecule has 0 aliphatic heterocycles. The Morgan fingerprint density at radius 3 is 0.974 bits per heavy atom. The van der Waals surface area contributed by atoms with Crippen molar-refractivity contribution in [2.45, 2.75) is 157 Å². The number of carbonyl (C=O) groups excluding carboxylic acids is 2. The fraction of sp³-hybridized carbons (Fsp3) is 0.933. The molecule has 0 aliphatic rings. The van der Waals surface area contributed by atoms with E-state index in [2.05, 4.69) is 41.5 Å². The van der Waals surface area contributed by atoms with E-state index in [1.54, 1.807) is 0 Å². The van der Waals surface area contributed by atoms with E-state index in [0.717, 1.165) is 51.4 Å². The van der Waals surface area contributed by atoms with Crippen molar-refractivity contribution in [1.82, 2.24) is 0 Å². The minimum absolute atomic E-state index is 0.0721. The Balaban J connectivity index is 3.54. The van der Waals surface area contributed by atoms with E-state index in [-0.39, 0.29) is 10.8 Å². The third-order valence-corrected chi connectivity index (χ3v) is 5.56. The van der Waals surface area contributed by atoms with Crippen molar-refractivity contribution in [3.8, 4) is 0 Å². The molecule has 0 unspecified atom stereocenters. The Hall–Kier alpha value is -1.54. The van der Waals surface area contributed by atoms with Gasteiger partial charge in [-0.3, -0.25) is 9.78 Å². The number of ether oxygens (including phenoxy) is 2. The largest absolute Gasteiger partial charge is 0.540 e. The summed E-state index contributed by atoms with van der Waals surface area (Å²) in [4.78, 5) is 43.5. The molecule has 0 heterocycles. The van der Waals surface area contributed by atoms with Gasteiger partial charge >= 0.3 is 12.3 Å². The van der Waals surface area contributed by atoms with Crippen molar-refractivity contribution in [3.05, 3.63) is 0 Å². The lowest BCUT2D eigenvalue weighted by atomic mass is 9.84. The molecule has 0 aliphatic carbocycles. The standard InChI is InChI=1S/C30H58O8/c1-27(2,3)23-29(7,8)37-35-25(31)33-21-19-17-15-13-11-12-14-16-18-20-22-34-26(32)36-38-30(9,10)24-28(4,5)6/h11-24H2,1-10H3. The van der Waals surface area contributed by atoms with Gasteiger partial charge in [0.15, 0.2) is 0 Å². The molecule has 226 valence electrons. The van der Waals surface area contributed by atoms with Gasteiger partial charge in [0, 0.05) is 0 Å². The van der Waals surface area contributed by atoms with Crippen LogP contribution in [0.15, 0.2) is 0 Å². The average Bonchev–Trinajstić information content (AvgIpc) is 2.73. The average molecular weight is 547 g/mol. The van der Waals surface area contributed by atoms with Crippen molar-refractivity contribution in [2.75, 3.05) is 13.2 Å². The Labute approximate surface area is 232 Å². The smallest absolute Gasteiger partial charge is 0.432 e. The number of hydrogen-bond donors (Lipinski definition) is 0. The quantitative estimate of drug-likeness (QED) is 0.0684. The van der Waals surface area contributed by atoms with Gasteiger partial charge < -0.3 is 9.47 Å². The molecular formula is C30H58O8. The molecule has 0 rings (SSSR count). The van der Waals surface area contributed by atoms with Crippen LogP contribution in [0.1, 0.15) is 146 Å². The van der Waals surface area contributed by atoms with Gasteiger partial charge in [-0.25, -0.2) is 9.59 Å². The molecular weight excluding hydrogens is 488 g/mol. The first kappa shape index (κ1) is 36.5. The molecule has 0 aromatic rings. The highest BCUT2D eigenvalue weighted by molar-refractivity contribution is 5.59. The van der Waals surface area contributed by atoms with Crippen LogP contribution in [0.3, 0.4) is 0 Å². The highest BCUT2D eigenvalue weighted by Gasteiger charge is 2.30. The zero-order valence-electron chi connectivity index (χ0n) is 26.2. The lowest BCUT2D eigenvalue weighted by molar-refractivity contribution is -0.322. The predicted octanol–water partition coefficient (Wildman–Crippen LogP) is 9.49. The van der Waals surface area contributed by atoms with Crippen LogP contribution in [0.2, 0.25) is 0 Å². The lowest BCUT2D eigenvalue weighted by Crippen LogP contribution is -2.31. The number of carbonyl (C=O) groups is 2. The van der Waals surface area contributed by atoms with Crippen molar-refractivity contribution in [2.24, 2.45) is 10.8 Å². The predicted molar refractivity (Wildman–Crippen MR) is 150 cm³/mol. The Morgan fingerprint density at radius 1 is 0.447 bits per heavy atom.